The molecular formula is C17H23ClN6. The normalized spacial score (nSPS) is 15.8. The monoisotopic (exact) mass is 346 g/mol. The summed E-state index contributed by atoms with van der Waals surface area (Å²) in [6, 6.07) is 7.97. The highest BCUT2D eigenvalue weighted by molar-refractivity contribution is 6.30. The van der Waals surface area contributed by atoms with Gasteiger partial charge in [-0.1, -0.05) is 11.6 Å². The van der Waals surface area contributed by atoms with E-state index in [9.17, 15) is 0 Å². The number of piperazine rings is 1. The van der Waals surface area contributed by atoms with Crippen LogP contribution in [0.2, 0.25) is 5.02 Å². The van der Waals surface area contributed by atoms with Gasteiger partial charge >= 0.3 is 0 Å². The number of nitrogens with two attached hydrogens (primary N) is 1. The van der Waals surface area contributed by atoms with Crippen LogP contribution in [-0.4, -0.2) is 46.8 Å². The summed E-state index contributed by atoms with van der Waals surface area (Å²) in [5, 5.41) is 5.02. The third-order valence-electron chi connectivity index (χ3n) is 4.23. The van der Waals surface area contributed by atoms with E-state index in [-0.39, 0.29) is 0 Å². The molecule has 2 aromatic rings. The van der Waals surface area contributed by atoms with E-state index >= 15 is 0 Å². The zero-order chi connectivity index (χ0) is 16.9. The fourth-order valence-corrected chi connectivity index (χ4v) is 2.90. The number of benzene rings is 1. The summed E-state index contributed by atoms with van der Waals surface area (Å²) < 4.78 is 1.89. The molecule has 1 aromatic heterocycles. The van der Waals surface area contributed by atoms with Crippen LogP contribution in [0.5, 0.6) is 0 Å². The third kappa shape index (κ3) is 4.00. The predicted molar refractivity (Wildman–Crippen MR) is 98.5 cm³/mol. The molecule has 0 saturated carbocycles. The van der Waals surface area contributed by atoms with Crippen LogP contribution in [0.4, 0.5) is 5.69 Å². The topological polar surface area (TPSA) is 62.7 Å². The molecule has 1 aliphatic rings. The van der Waals surface area contributed by atoms with E-state index < -0.39 is 0 Å². The van der Waals surface area contributed by atoms with Crippen molar-refractivity contribution < 1.29 is 0 Å². The number of aliphatic imine (C=N–C) groups is 1. The number of nitrogens with zero attached hydrogens (tertiary/aromatic N) is 5. The molecule has 6 nitrogen and oxygen atoms in total. The van der Waals surface area contributed by atoms with Crippen molar-refractivity contribution in [2.24, 2.45) is 10.7 Å². The number of rotatable bonds is 4. The van der Waals surface area contributed by atoms with Gasteiger partial charge in [0.1, 0.15) is 0 Å². The van der Waals surface area contributed by atoms with Crippen molar-refractivity contribution in [2.75, 3.05) is 31.1 Å². The number of hydrogen-bond acceptors (Lipinski definition) is 3. The van der Waals surface area contributed by atoms with Crippen molar-refractivity contribution in [3.63, 3.8) is 0 Å². The minimum absolute atomic E-state index is 0.573. The number of guanidine groups is 1. The maximum absolute atomic E-state index is 6.15. The predicted octanol–water partition coefficient (Wildman–Crippen LogP) is 2.19. The Kier molecular flexibility index (Phi) is 5.25. The van der Waals surface area contributed by atoms with E-state index in [1.807, 2.05) is 29.2 Å². The average molecular weight is 347 g/mol. The van der Waals surface area contributed by atoms with Crippen molar-refractivity contribution in [3.8, 4) is 0 Å². The van der Waals surface area contributed by atoms with Gasteiger partial charge in [0.25, 0.3) is 0 Å². The highest BCUT2D eigenvalue weighted by atomic mass is 35.5. The maximum Gasteiger partial charge on any atom is 0.191 e. The summed E-state index contributed by atoms with van der Waals surface area (Å²) in [5.74, 6) is 0.606. The molecule has 1 aliphatic heterocycles. The molecular weight excluding hydrogens is 324 g/mol. The number of anilines is 1. The molecule has 3 rings (SSSR count). The highest BCUT2D eigenvalue weighted by Crippen LogP contribution is 2.19. The lowest BCUT2D eigenvalue weighted by molar-refractivity contribution is 0.380. The molecule has 1 aromatic carbocycles. The van der Waals surface area contributed by atoms with E-state index in [4.69, 9.17) is 17.3 Å². The lowest BCUT2D eigenvalue weighted by Crippen LogP contribution is -2.51. The molecule has 128 valence electrons. The Hall–Kier alpha value is -2.21. The molecule has 2 N–H and O–H groups in total. The first-order valence-corrected chi connectivity index (χ1v) is 8.60. The van der Waals surface area contributed by atoms with Gasteiger partial charge in [-0.2, -0.15) is 5.10 Å². The first-order valence-electron chi connectivity index (χ1n) is 8.22. The van der Waals surface area contributed by atoms with Gasteiger partial charge in [-0.05, 0) is 31.2 Å². The van der Waals surface area contributed by atoms with Crippen molar-refractivity contribution in [1.29, 1.82) is 0 Å². The summed E-state index contributed by atoms with van der Waals surface area (Å²) in [6.07, 6.45) is 3.86. The molecule has 2 heterocycles. The second-order valence-corrected chi connectivity index (χ2v) is 6.27. The number of aromatic nitrogens is 2. The Morgan fingerprint density at radius 1 is 1.21 bits per heavy atom. The first kappa shape index (κ1) is 16.6. The number of halogens is 1. The van der Waals surface area contributed by atoms with Crippen LogP contribution in [-0.2, 0) is 13.1 Å². The Morgan fingerprint density at radius 3 is 2.54 bits per heavy atom. The minimum atomic E-state index is 0.573. The van der Waals surface area contributed by atoms with Gasteiger partial charge in [0, 0.05) is 55.2 Å². The summed E-state index contributed by atoms with van der Waals surface area (Å²) in [7, 11) is 0. The molecule has 7 heteroatoms. The van der Waals surface area contributed by atoms with E-state index in [1.165, 1.54) is 5.69 Å². The third-order valence-corrected chi connectivity index (χ3v) is 4.48. The van der Waals surface area contributed by atoms with Crippen molar-refractivity contribution in [1.82, 2.24) is 14.7 Å². The van der Waals surface area contributed by atoms with Crippen molar-refractivity contribution in [2.45, 2.75) is 20.0 Å². The molecule has 0 bridgehead atoms. The number of aryl methyl sites for hydroxylation is 1. The largest absolute Gasteiger partial charge is 0.370 e. The zero-order valence-corrected chi connectivity index (χ0v) is 14.7. The number of hydrogen-bond donors (Lipinski definition) is 1. The van der Waals surface area contributed by atoms with E-state index in [2.05, 4.69) is 38.9 Å². The first-order chi connectivity index (χ1) is 11.7. The van der Waals surface area contributed by atoms with Crippen LogP contribution < -0.4 is 10.6 Å². The molecule has 0 amide bonds. The van der Waals surface area contributed by atoms with Gasteiger partial charge in [-0.3, -0.25) is 4.68 Å². The molecule has 0 radical (unpaired) electrons. The maximum atomic E-state index is 6.15. The summed E-state index contributed by atoms with van der Waals surface area (Å²) in [4.78, 5) is 8.98. The summed E-state index contributed by atoms with van der Waals surface area (Å²) in [6.45, 7) is 7.08. The summed E-state index contributed by atoms with van der Waals surface area (Å²) >= 11 is 5.95. The average Bonchev–Trinajstić information content (AvgIpc) is 3.09. The van der Waals surface area contributed by atoms with Gasteiger partial charge in [-0.25, -0.2) is 4.99 Å². The van der Waals surface area contributed by atoms with Crippen LogP contribution in [0.1, 0.15) is 12.5 Å². The van der Waals surface area contributed by atoms with E-state index in [0.29, 0.717) is 12.5 Å². The highest BCUT2D eigenvalue weighted by Gasteiger charge is 2.18. The van der Waals surface area contributed by atoms with Crippen LogP contribution >= 0.6 is 11.6 Å². The summed E-state index contributed by atoms with van der Waals surface area (Å²) in [5.41, 5.74) is 8.43. The lowest BCUT2D eigenvalue weighted by atomic mass is 10.2. The van der Waals surface area contributed by atoms with Crippen molar-refractivity contribution >= 4 is 23.2 Å². The standard InChI is InChI=1S/C17H23ClN6/c1-2-24-13-14(12-21-24)11-20-17(19)23-9-7-22(8-10-23)16-5-3-15(18)4-6-16/h3-6,12-13H,2,7-11H2,1H3,(H2,19,20). The fourth-order valence-electron chi connectivity index (χ4n) is 2.78. The van der Waals surface area contributed by atoms with E-state index in [0.717, 1.165) is 43.3 Å². The smallest absolute Gasteiger partial charge is 0.191 e. The zero-order valence-electron chi connectivity index (χ0n) is 13.9. The SMILES string of the molecule is CCn1cc(CN=C(N)N2CCN(c3ccc(Cl)cc3)CC2)cn1. The fraction of sp³-hybridized carbons (Fsp3) is 0.412. The lowest BCUT2D eigenvalue weighted by Gasteiger charge is -2.36. The van der Waals surface area contributed by atoms with Crippen LogP contribution in [0, 0.1) is 0 Å². The van der Waals surface area contributed by atoms with Crippen LogP contribution in [0.15, 0.2) is 41.7 Å². The van der Waals surface area contributed by atoms with Gasteiger partial charge < -0.3 is 15.5 Å². The van der Waals surface area contributed by atoms with Gasteiger partial charge in [0.2, 0.25) is 0 Å². The molecule has 1 saturated heterocycles. The Balaban J connectivity index is 1.53. The molecule has 0 atom stereocenters. The van der Waals surface area contributed by atoms with Gasteiger partial charge in [0.05, 0.1) is 12.7 Å². The molecule has 24 heavy (non-hydrogen) atoms. The molecule has 1 fully saturated rings. The van der Waals surface area contributed by atoms with Gasteiger partial charge in [-0.15, -0.1) is 0 Å². The van der Waals surface area contributed by atoms with Crippen molar-refractivity contribution in [3.05, 3.63) is 47.2 Å². The Bertz CT molecular complexity index is 685. The molecule has 0 spiro atoms. The van der Waals surface area contributed by atoms with Crippen LogP contribution in [0.3, 0.4) is 0 Å². The molecule has 0 unspecified atom stereocenters. The van der Waals surface area contributed by atoms with E-state index in [1.54, 1.807) is 0 Å². The second kappa shape index (κ2) is 7.57. The Morgan fingerprint density at radius 2 is 1.92 bits per heavy atom. The molecule has 0 aliphatic carbocycles. The minimum Gasteiger partial charge on any atom is -0.370 e. The quantitative estimate of drug-likeness (QED) is 0.681. The van der Waals surface area contributed by atoms with Crippen LogP contribution in [0.25, 0.3) is 0 Å². The second-order valence-electron chi connectivity index (χ2n) is 5.83. The van der Waals surface area contributed by atoms with Gasteiger partial charge in [0.15, 0.2) is 5.96 Å². The Labute approximate surface area is 147 Å².